The molecule has 0 radical (unpaired) electrons. The quantitative estimate of drug-likeness (QED) is 0.610. The Balaban J connectivity index is 2.66. The summed E-state index contributed by atoms with van der Waals surface area (Å²) >= 11 is 0. The molecular formula is C14H22N2O6. The van der Waals surface area contributed by atoms with Crippen molar-refractivity contribution in [2.24, 2.45) is 0 Å². The second-order valence-corrected chi connectivity index (χ2v) is 4.81. The largest absolute Gasteiger partial charge is 0.463 e. The first-order valence-electron chi connectivity index (χ1n) is 7.01. The molecule has 1 heterocycles. The molecule has 0 saturated heterocycles. The van der Waals surface area contributed by atoms with Crippen molar-refractivity contribution in [3.05, 3.63) is 11.8 Å². The molecule has 1 rings (SSSR count). The molecule has 0 bridgehead atoms. The number of carbonyl (C=O) groups is 3. The number of rotatable bonds is 7. The van der Waals surface area contributed by atoms with Crippen LogP contribution in [0.2, 0.25) is 0 Å². The minimum Gasteiger partial charge on any atom is -0.463 e. The average molecular weight is 314 g/mol. The zero-order valence-electron chi connectivity index (χ0n) is 13.0. The van der Waals surface area contributed by atoms with Gasteiger partial charge in [-0.2, -0.15) is 0 Å². The lowest BCUT2D eigenvalue weighted by atomic mass is 10.1. The van der Waals surface area contributed by atoms with Gasteiger partial charge in [-0.1, -0.05) is 0 Å². The van der Waals surface area contributed by atoms with E-state index in [1.807, 2.05) is 0 Å². The van der Waals surface area contributed by atoms with Gasteiger partial charge in [-0.3, -0.25) is 14.4 Å². The highest BCUT2D eigenvalue weighted by molar-refractivity contribution is 5.76. The van der Waals surface area contributed by atoms with Gasteiger partial charge in [-0.15, -0.1) is 0 Å². The second kappa shape index (κ2) is 9.16. The van der Waals surface area contributed by atoms with Crippen LogP contribution in [0.1, 0.15) is 20.3 Å². The minimum atomic E-state index is -0.654. The molecule has 0 aromatic heterocycles. The number of hydrogen-bond acceptors (Lipinski definition) is 7. The Hall–Kier alpha value is -1.93. The maximum absolute atomic E-state index is 11.7. The lowest BCUT2D eigenvalue weighted by molar-refractivity contribution is -0.148. The molecule has 1 amide bonds. The molecule has 124 valence electrons. The summed E-state index contributed by atoms with van der Waals surface area (Å²) in [4.78, 5) is 33.7. The summed E-state index contributed by atoms with van der Waals surface area (Å²) in [5, 5.41) is 5.64. The third-order valence-corrected chi connectivity index (χ3v) is 2.81. The van der Waals surface area contributed by atoms with Crippen LogP contribution in [-0.4, -0.2) is 56.8 Å². The van der Waals surface area contributed by atoms with E-state index < -0.39 is 24.1 Å². The maximum Gasteiger partial charge on any atom is 0.307 e. The van der Waals surface area contributed by atoms with Crippen molar-refractivity contribution in [3.63, 3.8) is 0 Å². The van der Waals surface area contributed by atoms with Crippen molar-refractivity contribution < 1.29 is 28.6 Å². The Morgan fingerprint density at radius 3 is 2.64 bits per heavy atom. The molecule has 1 aliphatic heterocycles. The molecule has 8 heteroatoms. The van der Waals surface area contributed by atoms with Crippen molar-refractivity contribution in [1.29, 1.82) is 0 Å². The predicted octanol–water partition coefficient (Wildman–Crippen LogP) is -0.510. The molecule has 22 heavy (non-hydrogen) atoms. The Kier molecular flexibility index (Phi) is 7.55. The second-order valence-electron chi connectivity index (χ2n) is 4.81. The summed E-state index contributed by atoms with van der Waals surface area (Å²) in [7, 11) is 1.76. The van der Waals surface area contributed by atoms with Gasteiger partial charge in [0.2, 0.25) is 5.91 Å². The molecule has 0 fully saturated rings. The van der Waals surface area contributed by atoms with Crippen molar-refractivity contribution in [2.75, 3.05) is 26.8 Å². The van der Waals surface area contributed by atoms with Crippen LogP contribution in [0, 0.1) is 0 Å². The van der Waals surface area contributed by atoms with Crippen LogP contribution in [0.3, 0.4) is 0 Å². The van der Waals surface area contributed by atoms with Gasteiger partial charge in [0.1, 0.15) is 18.5 Å². The topological polar surface area (TPSA) is 103 Å². The van der Waals surface area contributed by atoms with E-state index in [0.29, 0.717) is 13.0 Å². The summed E-state index contributed by atoms with van der Waals surface area (Å²) in [6.07, 6.45) is 1.29. The van der Waals surface area contributed by atoms with E-state index in [1.165, 1.54) is 13.8 Å². The van der Waals surface area contributed by atoms with Crippen LogP contribution in [0.15, 0.2) is 11.8 Å². The Morgan fingerprint density at radius 1 is 1.32 bits per heavy atom. The third-order valence-electron chi connectivity index (χ3n) is 2.81. The fourth-order valence-electron chi connectivity index (χ4n) is 1.85. The van der Waals surface area contributed by atoms with Crippen molar-refractivity contribution in [2.45, 2.75) is 32.4 Å². The first kappa shape index (κ1) is 18.1. The molecule has 0 aromatic carbocycles. The summed E-state index contributed by atoms with van der Waals surface area (Å²) in [5.74, 6) is -0.864. The van der Waals surface area contributed by atoms with E-state index in [2.05, 4.69) is 10.6 Å². The average Bonchev–Trinajstić information content (AvgIpc) is 2.43. The smallest absolute Gasteiger partial charge is 0.307 e. The molecule has 0 spiro atoms. The van der Waals surface area contributed by atoms with Gasteiger partial charge in [0.25, 0.3) is 0 Å². The van der Waals surface area contributed by atoms with Crippen LogP contribution in [-0.2, 0) is 28.6 Å². The number of carbonyl (C=O) groups excluding carboxylic acids is 3. The van der Waals surface area contributed by atoms with Crippen LogP contribution < -0.4 is 10.6 Å². The van der Waals surface area contributed by atoms with Gasteiger partial charge in [0, 0.05) is 26.8 Å². The van der Waals surface area contributed by atoms with Gasteiger partial charge in [0.15, 0.2) is 0 Å². The van der Waals surface area contributed by atoms with E-state index in [9.17, 15) is 14.4 Å². The summed E-state index contributed by atoms with van der Waals surface area (Å²) in [6, 6.07) is -0.396. The highest BCUT2D eigenvalue weighted by Crippen LogP contribution is 2.17. The van der Waals surface area contributed by atoms with Crippen LogP contribution >= 0.6 is 0 Å². The fourth-order valence-corrected chi connectivity index (χ4v) is 1.85. The molecule has 2 atom stereocenters. The van der Waals surface area contributed by atoms with Gasteiger partial charge in [-0.25, -0.2) is 0 Å². The maximum atomic E-state index is 11.7. The van der Waals surface area contributed by atoms with E-state index in [4.69, 9.17) is 14.2 Å². The van der Waals surface area contributed by atoms with Gasteiger partial charge in [-0.05, 0) is 13.1 Å². The molecular weight excluding hydrogens is 292 g/mol. The number of ether oxygens (including phenoxy) is 3. The van der Waals surface area contributed by atoms with Crippen LogP contribution in [0.5, 0.6) is 0 Å². The number of amides is 1. The van der Waals surface area contributed by atoms with Crippen molar-refractivity contribution in [3.8, 4) is 0 Å². The number of esters is 2. The Bertz CT molecular complexity index is 449. The molecule has 0 aromatic rings. The SMILES string of the molecule is CNCCC(=O)NC1C=C(OC(C)=O)C(COC(C)=O)OC1. The Labute approximate surface area is 129 Å². The lowest BCUT2D eigenvalue weighted by Crippen LogP contribution is -2.43. The van der Waals surface area contributed by atoms with Gasteiger partial charge < -0.3 is 24.8 Å². The lowest BCUT2D eigenvalue weighted by Gasteiger charge is -2.28. The van der Waals surface area contributed by atoms with Crippen LogP contribution in [0.25, 0.3) is 0 Å². The Morgan fingerprint density at radius 2 is 2.05 bits per heavy atom. The number of nitrogens with one attached hydrogen (secondary N) is 2. The monoisotopic (exact) mass is 314 g/mol. The van der Waals surface area contributed by atoms with E-state index >= 15 is 0 Å². The van der Waals surface area contributed by atoms with Crippen molar-refractivity contribution in [1.82, 2.24) is 10.6 Å². The van der Waals surface area contributed by atoms with E-state index in [-0.39, 0.29) is 24.9 Å². The first-order valence-corrected chi connectivity index (χ1v) is 7.01. The van der Waals surface area contributed by atoms with Crippen LogP contribution in [0.4, 0.5) is 0 Å². The standard InChI is InChI=1S/C14H22N2O6/c1-9(17)20-8-13-12(22-10(2)18)6-11(7-21-13)16-14(19)4-5-15-3/h6,11,13,15H,4-5,7-8H2,1-3H3,(H,16,19). The third kappa shape index (κ3) is 6.68. The number of hydrogen-bond donors (Lipinski definition) is 2. The highest BCUT2D eigenvalue weighted by Gasteiger charge is 2.28. The molecule has 0 saturated carbocycles. The molecule has 2 N–H and O–H groups in total. The fraction of sp³-hybridized carbons (Fsp3) is 0.643. The summed E-state index contributed by atoms with van der Waals surface area (Å²) < 4.78 is 15.4. The van der Waals surface area contributed by atoms with E-state index in [1.54, 1.807) is 13.1 Å². The van der Waals surface area contributed by atoms with Crippen molar-refractivity contribution >= 4 is 17.8 Å². The van der Waals surface area contributed by atoms with E-state index in [0.717, 1.165) is 0 Å². The zero-order chi connectivity index (χ0) is 16.5. The molecule has 1 aliphatic rings. The molecule has 8 nitrogen and oxygen atoms in total. The summed E-state index contributed by atoms with van der Waals surface area (Å²) in [5.41, 5.74) is 0. The predicted molar refractivity (Wildman–Crippen MR) is 76.7 cm³/mol. The zero-order valence-corrected chi connectivity index (χ0v) is 13.0. The normalized spacial score (nSPS) is 20.8. The minimum absolute atomic E-state index is 0.0468. The van der Waals surface area contributed by atoms with Gasteiger partial charge >= 0.3 is 11.9 Å². The molecule has 2 unspecified atom stereocenters. The first-order chi connectivity index (χ1) is 10.4. The highest BCUT2D eigenvalue weighted by atomic mass is 16.6. The van der Waals surface area contributed by atoms with Gasteiger partial charge in [0.05, 0.1) is 12.6 Å². The molecule has 0 aliphatic carbocycles. The summed E-state index contributed by atoms with van der Waals surface area (Å²) in [6.45, 7) is 3.27.